The Balaban J connectivity index is 1.36. The first-order valence-corrected chi connectivity index (χ1v) is 11.9. The van der Waals surface area contributed by atoms with Gasteiger partial charge < -0.3 is 14.4 Å². The molecule has 7 nitrogen and oxygen atoms in total. The van der Waals surface area contributed by atoms with Gasteiger partial charge in [-0.05, 0) is 24.5 Å². The summed E-state index contributed by atoms with van der Waals surface area (Å²) >= 11 is 5.85. The first-order chi connectivity index (χ1) is 17.5. The van der Waals surface area contributed by atoms with E-state index < -0.39 is 30.2 Å². The van der Waals surface area contributed by atoms with E-state index in [1.807, 2.05) is 6.92 Å². The zero-order valence-electron chi connectivity index (χ0n) is 19.4. The molecule has 0 N–H and O–H groups in total. The van der Waals surface area contributed by atoms with Gasteiger partial charge in [0.05, 0.1) is 22.8 Å². The number of benzene rings is 1. The number of hydrogen-bond acceptors (Lipinski definition) is 5. The van der Waals surface area contributed by atoms with Crippen molar-refractivity contribution in [1.82, 2.24) is 24.6 Å². The fourth-order valence-corrected chi connectivity index (χ4v) is 5.38. The van der Waals surface area contributed by atoms with Gasteiger partial charge in [0.2, 0.25) is 11.7 Å². The minimum absolute atomic E-state index is 0.0579. The van der Waals surface area contributed by atoms with Crippen molar-refractivity contribution >= 4 is 34.1 Å². The second-order valence-electron chi connectivity index (χ2n) is 9.29. The maximum absolute atomic E-state index is 14.6. The number of amides is 1. The molecule has 14 heteroatoms. The Kier molecular flexibility index (Phi) is 6.45. The maximum atomic E-state index is 14.6. The van der Waals surface area contributed by atoms with Crippen molar-refractivity contribution in [2.24, 2.45) is 11.8 Å². The van der Waals surface area contributed by atoms with Crippen LogP contribution in [0.4, 0.5) is 32.0 Å². The van der Waals surface area contributed by atoms with Gasteiger partial charge in [0, 0.05) is 43.7 Å². The second kappa shape index (κ2) is 9.34. The van der Waals surface area contributed by atoms with Crippen molar-refractivity contribution in [2.75, 3.05) is 24.5 Å². The lowest BCUT2D eigenvalue weighted by Crippen LogP contribution is -2.49. The number of fused-ring (bicyclic) bond motifs is 2. The number of aromatic nitrogens is 4. The van der Waals surface area contributed by atoms with Crippen LogP contribution in [0.5, 0.6) is 0 Å². The molecule has 2 aliphatic rings. The highest BCUT2D eigenvalue weighted by atomic mass is 35.5. The molecular weight excluding hydrogens is 526 g/mol. The molecule has 0 radical (unpaired) electrons. The number of nitrogens with zero attached hydrogens (tertiary/aromatic N) is 6. The number of carbonyl (C=O) groups excluding carboxylic acids is 1. The molecule has 1 fully saturated rings. The van der Waals surface area contributed by atoms with E-state index >= 15 is 0 Å². The van der Waals surface area contributed by atoms with E-state index in [2.05, 4.69) is 15.2 Å². The zero-order valence-corrected chi connectivity index (χ0v) is 20.2. The molecule has 5 rings (SSSR count). The number of carbonyl (C=O) groups is 1. The minimum atomic E-state index is -4.64. The van der Waals surface area contributed by atoms with Crippen molar-refractivity contribution in [2.45, 2.75) is 39.0 Å². The average Bonchev–Trinajstić information content (AvgIpc) is 3.29. The van der Waals surface area contributed by atoms with Crippen LogP contribution in [0.25, 0.3) is 10.9 Å². The largest absolute Gasteiger partial charge is 0.451 e. The third-order valence-corrected chi connectivity index (χ3v) is 7.31. The topological polar surface area (TPSA) is 67.2 Å². The third-order valence-electron chi connectivity index (χ3n) is 7.02. The molecule has 0 bridgehead atoms. The predicted molar refractivity (Wildman–Crippen MR) is 122 cm³/mol. The van der Waals surface area contributed by atoms with Gasteiger partial charge in [-0.3, -0.25) is 9.78 Å². The van der Waals surface area contributed by atoms with Crippen molar-refractivity contribution in [3.05, 3.63) is 46.4 Å². The lowest BCUT2D eigenvalue weighted by atomic mass is 9.85. The van der Waals surface area contributed by atoms with Crippen LogP contribution in [-0.4, -0.2) is 50.2 Å². The van der Waals surface area contributed by atoms with Crippen molar-refractivity contribution in [1.29, 1.82) is 0 Å². The van der Waals surface area contributed by atoms with Gasteiger partial charge in [-0.2, -0.15) is 13.2 Å². The summed E-state index contributed by atoms with van der Waals surface area (Å²) in [5.41, 5.74) is -0.311. The van der Waals surface area contributed by atoms with E-state index in [0.29, 0.717) is 6.42 Å². The van der Waals surface area contributed by atoms with Crippen LogP contribution < -0.4 is 4.90 Å². The van der Waals surface area contributed by atoms with Gasteiger partial charge in [-0.1, -0.05) is 18.5 Å². The van der Waals surface area contributed by atoms with Crippen molar-refractivity contribution in [3.8, 4) is 0 Å². The van der Waals surface area contributed by atoms with Crippen LogP contribution in [0.1, 0.15) is 37.0 Å². The second-order valence-corrected chi connectivity index (χ2v) is 9.70. The fourth-order valence-electron chi connectivity index (χ4n) is 5.23. The van der Waals surface area contributed by atoms with Gasteiger partial charge in [0.1, 0.15) is 5.52 Å². The smallest absolute Gasteiger partial charge is 0.370 e. The first-order valence-electron chi connectivity index (χ1n) is 11.5. The number of halogens is 7. The third kappa shape index (κ3) is 4.47. The SMILES string of the molecule is CC1CN(c2c(C(F)F)cnc3c(F)c(Cl)ccc23)CCC1C(=O)N1CCn2c(nnc2C(F)(F)F)C1. The fraction of sp³-hybridized carbons (Fsp3) is 0.478. The van der Waals surface area contributed by atoms with E-state index in [9.17, 15) is 31.1 Å². The Morgan fingerprint density at radius 3 is 2.59 bits per heavy atom. The molecule has 198 valence electrons. The Hall–Kier alpha value is -3.09. The Bertz CT molecular complexity index is 1360. The number of anilines is 1. The summed E-state index contributed by atoms with van der Waals surface area (Å²) in [6, 6.07) is 2.74. The molecule has 37 heavy (non-hydrogen) atoms. The summed E-state index contributed by atoms with van der Waals surface area (Å²) in [6.07, 6.45) is -6.23. The molecule has 0 spiro atoms. The van der Waals surface area contributed by atoms with Crippen LogP contribution in [0, 0.1) is 17.7 Å². The summed E-state index contributed by atoms with van der Waals surface area (Å²) in [5.74, 6) is -2.82. The molecule has 3 aromatic rings. The van der Waals surface area contributed by atoms with Gasteiger partial charge in [-0.15, -0.1) is 10.2 Å². The van der Waals surface area contributed by atoms with Gasteiger partial charge >= 0.3 is 6.18 Å². The van der Waals surface area contributed by atoms with Crippen LogP contribution in [0.2, 0.25) is 5.02 Å². The first kappa shape index (κ1) is 25.6. The van der Waals surface area contributed by atoms with E-state index in [-0.39, 0.29) is 77.5 Å². The molecule has 2 atom stereocenters. The molecule has 1 saturated heterocycles. The van der Waals surface area contributed by atoms with Crippen LogP contribution in [0.3, 0.4) is 0 Å². The molecule has 1 aromatic carbocycles. The van der Waals surface area contributed by atoms with Gasteiger partial charge in [0.25, 0.3) is 6.43 Å². The molecule has 1 amide bonds. The quantitative estimate of drug-likeness (QED) is 0.429. The summed E-state index contributed by atoms with van der Waals surface area (Å²) in [6.45, 7) is 2.19. The number of rotatable bonds is 3. The van der Waals surface area contributed by atoms with E-state index in [0.717, 1.165) is 10.8 Å². The Labute approximate surface area is 212 Å². The lowest BCUT2D eigenvalue weighted by Gasteiger charge is -2.41. The monoisotopic (exact) mass is 546 g/mol. The van der Waals surface area contributed by atoms with E-state index in [1.54, 1.807) is 4.90 Å². The van der Waals surface area contributed by atoms with Crippen LogP contribution in [0.15, 0.2) is 18.3 Å². The molecule has 2 aromatic heterocycles. The lowest BCUT2D eigenvalue weighted by molar-refractivity contribution is -0.148. The van der Waals surface area contributed by atoms with Crippen LogP contribution in [-0.2, 0) is 24.1 Å². The molecule has 0 aliphatic carbocycles. The van der Waals surface area contributed by atoms with E-state index in [4.69, 9.17) is 11.6 Å². The highest BCUT2D eigenvalue weighted by Gasteiger charge is 2.41. The van der Waals surface area contributed by atoms with Crippen LogP contribution >= 0.6 is 11.6 Å². The number of alkyl halides is 5. The maximum Gasteiger partial charge on any atom is 0.451 e. The molecular formula is C23H21ClF6N6O. The average molecular weight is 547 g/mol. The zero-order chi connectivity index (χ0) is 26.6. The minimum Gasteiger partial charge on any atom is -0.370 e. The molecule has 4 heterocycles. The molecule has 0 saturated carbocycles. The molecule has 2 unspecified atom stereocenters. The highest BCUT2D eigenvalue weighted by molar-refractivity contribution is 6.31. The van der Waals surface area contributed by atoms with Crippen molar-refractivity contribution in [3.63, 3.8) is 0 Å². The number of pyridine rings is 1. The Morgan fingerprint density at radius 2 is 1.92 bits per heavy atom. The normalized spacial score (nSPS) is 20.6. The summed E-state index contributed by atoms with van der Waals surface area (Å²) in [5, 5.41) is 6.88. The van der Waals surface area contributed by atoms with Gasteiger partial charge in [-0.25, -0.2) is 13.2 Å². The molecule has 2 aliphatic heterocycles. The number of hydrogen-bond donors (Lipinski definition) is 0. The highest BCUT2D eigenvalue weighted by Crippen LogP contribution is 2.40. The van der Waals surface area contributed by atoms with E-state index in [1.165, 1.54) is 17.0 Å². The van der Waals surface area contributed by atoms with Crippen molar-refractivity contribution < 1.29 is 31.1 Å². The number of piperidine rings is 1. The standard InChI is InChI=1S/C23H21ClF6N6O/c1-11-9-34(19-13-2-3-15(24)17(25)18(13)31-8-14(19)20(26)27)5-4-12(11)21(37)35-6-7-36-16(10-35)32-33-22(36)23(28,29)30/h2-3,8,11-12,20H,4-7,9-10H2,1H3. The summed E-state index contributed by atoms with van der Waals surface area (Å²) in [4.78, 5) is 20.4. The summed E-state index contributed by atoms with van der Waals surface area (Å²) < 4.78 is 82.7. The predicted octanol–water partition coefficient (Wildman–Crippen LogP) is 5.08. The summed E-state index contributed by atoms with van der Waals surface area (Å²) in [7, 11) is 0. The van der Waals surface area contributed by atoms with Gasteiger partial charge in [0.15, 0.2) is 11.6 Å². The Morgan fingerprint density at radius 1 is 1.16 bits per heavy atom.